The maximum absolute atomic E-state index is 11.9. The van der Waals surface area contributed by atoms with Crippen LogP contribution >= 0.6 is 11.3 Å². The van der Waals surface area contributed by atoms with Gasteiger partial charge in [-0.25, -0.2) is 13.4 Å². The Balaban J connectivity index is 1.83. The number of rotatable bonds is 5. The van der Waals surface area contributed by atoms with Crippen LogP contribution in [0, 0.1) is 0 Å². The number of nitrogens with one attached hydrogen (secondary N) is 2. The summed E-state index contributed by atoms with van der Waals surface area (Å²) in [7, 11) is -3.35. The first-order valence-electron chi connectivity index (χ1n) is 6.71. The number of carbonyl (C=O) groups excluding carboxylic acids is 1. The average Bonchev–Trinajstić information content (AvgIpc) is 2.77. The molecule has 0 bridgehead atoms. The monoisotopic (exact) mass is 333 g/mol. The lowest BCUT2D eigenvalue weighted by Crippen LogP contribution is -2.39. The molecule has 9 heteroatoms. The number of carbonyl (C=O) groups is 1. The lowest BCUT2D eigenvalue weighted by atomic mass is 9.93. The van der Waals surface area contributed by atoms with Gasteiger partial charge >= 0.3 is 0 Å². The molecule has 1 aliphatic rings. The van der Waals surface area contributed by atoms with Crippen molar-refractivity contribution >= 4 is 32.4 Å². The van der Waals surface area contributed by atoms with Gasteiger partial charge in [-0.2, -0.15) is 0 Å². The van der Waals surface area contributed by atoms with Gasteiger partial charge in [0.05, 0.1) is 24.5 Å². The Morgan fingerprint density at radius 1 is 1.43 bits per heavy atom. The second-order valence-electron chi connectivity index (χ2n) is 5.27. The maximum atomic E-state index is 11.9. The van der Waals surface area contributed by atoms with Gasteiger partial charge in [-0.05, 0) is 25.7 Å². The summed E-state index contributed by atoms with van der Waals surface area (Å²) in [4.78, 5) is 16.0. The standard InChI is InChI=1S/C12H19N3O4S2/c1-21(18,19)15-12-14-9(7-20-12)6-11(17)13-8-2-4-10(16)5-3-8/h7-8,10,16H,2-6H2,1H3,(H,13,17)(H,14,15). The first-order valence-corrected chi connectivity index (χ1v) is 9.48. The lowest BCUT2D eigenvalue weighted by Gasteiger charge is -2.26. The molecule has 1 amide bonds. The fraction of sp³-hybridized carbons (Fsp3) is 0.667. The normalized spacial score (nSPS) is 22.8. The van der Waals surface area contributed by atoms with Crippen molar-refractivity contribution in [3.8, 4) is 0 Å². The Hall–Kier alpha value is -1.19. The molecule has 1 heterocycles. The number of aromatic nitrogens is 1. The first-order chi connectivity index (χ1) is 9.82. The molecule has 1 aromatic rings. The molecule has 0 saturated heterocycles. The van der Waals surface area contributed by atoms with Gasteiger partial charge in [0.2, 0.25) is 15.9 Å². The number of anilines is 1. The number of hydrogen-bond acceptors (Lipinski definition) is 6. The Labute approximate surface area is 127 Å². The second kappa shape index (κ2) is 6.71. The van der Waals surface area contributed by atoms with Gasteiger partial charge < -0.3 is 10.4 Å². The van der Waals surface area contributed by atoms with Crippen LogP contribution < -0.4 is 10.0 Å². The molecule has 0 aromatic carbocycles. The van der Waals surface area contributed by atoms with E-state index in [4.69, 9.17) is 0 Å². The van der Waals surface area contributed by atoms with Gasteiger partial charge in [-0.3, -0.25) is 9.52 Å². The predicted octanol–water partition coefficient (Wildman–Crippen LogP) is 0.477. The highest BCUT2D eigenvalue weighted by molar-refractivity contribution is 7.92. The van der Waals surface area contributed by atoms with Crippen molar-refractivity contribution in [2.45, 2.75) is 44.2 Å². The van der Waals surface area contributed by atoms with E-state index in [2.05, 4.69) is 15.0 Å². The summed E-state index contributed by atoms with van der Waals surface area (Å²) in [6.07, 6.45) is 3.92. The number of nitrogens with zero attached hydrogens (tertiary/aromatic N) is 1. The van der Waals surface area contributed by atoms with Crippen molar-refractivity contribution in [3.63, 3.8) is 0 Å². The van der Waals surface area contributed by atoms with Crippen molar-refractivity contribution in [2.24, 2.45) is 0 Å². The summed E-state index contributed by atoms with van der Waals surface area (Å²) in [5.41, 5.74) is 0.541. The van der Waals surface area contributed by atoms with E-state index in [0.29, 0.717) is 18.5 Å². The third-order valence-corrected chi connectivity index (χ3v) is 4.73. The van der Waals surface area contributed by atoms with E-state index in [0.717, 1.165) is 30.4 Å². The molecule has 1 aromatic heterocycles. The van der Waals surface area contributed by atoms with Crippen LogP contribution in [0.4, 0.5) is 5.13 Å². The molecule has 7 nitrogen and oxygen atoms in total. The van der Waals surface area contributed by atoms with Gasteiger partial charge in [-0.15, -0.1) is 11.3 Å². The van der Waals surface area contributed by atoms with Crippen molar-refractivity contribution in [1.29, 1.82) is 0 Å². The smallest absolute Gasteiger partial charge is 0.231 e. The first kappa shape index (κ1) is 16.2. The molecule has 0 unspecified atom stereocenters. The van der Waals surface area contributed by atoms with Gasteiger partial charge in [-0.1, -0.05) is 0 Å². The van der Waals surface area contributed by atoms with Crippen LogP contribution in [0.15, 0.2) is 5.38 Å². The summed E-state index contributed by atoms with van der Waals surface area (Å²) in [6, 6.07) is 0.105. The highest BCUT2D eigenvalue weighted by Crippen LogP contribution is 2.19. The highest BCUT2D eigenvalue weighted by atomic mass is 32.2. The minimum Gasteiger partial charge on any atom is -0.393 e. The third kappa shape index (κ3) is 5.60. The number of thiazole rings is 1. The van der Waals surface area contributed by atoms with Gasteiger partial charge in [0.1, 0.15) is 0 Å². The van der Waals surface area contributed by atoms with Crippen LogP contribution in [0.25, 0.3) is 0 Å². The molecule has 21 heavy (non-hydrogen) atoms. The number of aliphatic hydroxyl groups is 1. The largest absolute Gasteiger partial charge is 0.393 e. The second-order valence-corrected chi connectivity index (χ2v) is 7.87. The summed E-state index contributed by atoms with van der Waals surface area (Å²) in [5.74, 6) is -0.132. The van der Waals surface area contributed by atoms with Crippen LogP contribution in [-0.2, 0) is 21.2 Å². The van der Waals surface area contributed by atoms with Crippen molar-refractivity contribution < 1.29 is 18.3 Å². The zero-order valence-electron chi connectivity index (χ0n) is 11.7. The summed E-state index contributed by atoms with van der Waals surface area (Å²) >= 11 is 1.15. The summed E-state index contributed by atoms with van der Waals surface area (Å²) in [6.45, 7) is 0. The van der Waals surface area contributed by atoms with E-state index in [-0.39, 0.29) is 29.6 Å². The third-order valence-electron chi connectivity index (χ3n) is 3.23. The van der Waals surface area contributed by atoms with Crippen molar-refractivity contribution in [3.05, 3.63) is 11.1 Å². The molecule has 1 fully saturated rings. The van der Waals surface area contributed by atoms with E-state index in [1.807, 2.05) is 0 Å². The number of amides is 1. The molecule has 0 aliphatic heterocycles. The molecule has 0 radical (unpaired) electrons. The minimum absolute atomic E-state index is 0.105. The quantitative estimate of drug-likeness (QED) is 0.726. The number of hydrogen-bond donors (Lipinski definition) is 3. The van der Waals surface area contributed by atoms with Gasteiger partial charge in [0.15, 0.2) is 5.13 Å². The molecule has 1 saturated carbocycles. The lowest BCUT2D eigenvalue weighted by molar-refractivity contribution is -0.121. The Bertz CT molecular complexity index is 591. The van der Waals surface area contributed by atoms with Crippen LogP contribution in [0.2, 0.25) is 0 Å². The van der Waals surface area contributed by atoms with Crippen LogP contribution in [0.5, 0.6) is 0 Å². The van der Waals surface area contributed by atoms with Crippen molar-refractivity contribution in [1.82, 2.24) is 10.3 Å². The molecular weight excluding hydrogens is 314 g/mol. The van der Waals surface area contributed by atoms with E-state index in [1.165, 1.54) is 0 Å². The van der Waals surface area contributed by atoms with Crippen LogP contribution in [0.3, 0.4) is 0 Å². The van der Waals surface area contributed by atoms with E-state index >= 15 is 0 Å². The number of sulfonamides is 1. The zero-order chi connectivity index (χ0) is 15.5. The Kier molecular flexibility index (Phi) is 5.17. The summed E-state index contributed by atoms with van der Waals surface area (Å²) in [5, 5.41) is 14.3. The summed E-state index contributed by atoms with van der Waals surface area (Å²) < 4.78 is 24.4. The topological polar surface area (TPSA) is 108 Å². The van der Waals surface area contributed by atoms with Crippen LogP contribution in [-0.4, -0.2) is 42.8 Å². The molecule has 2 rings (SSSR count). The van der Waals surface area contributed by atoms with Crippen LogP contribution in [0.1, 0.15) is 31.4 Å². The molecule has 3 N–H and O–H groups in total. The maximum Gasteiger partial charge on any atom is 0.231 e. The predicted molar refractivity (Wildman–Crippen MR) is 80.7 cm³/mol. The fourth-order valence-electron chi connectivity index (χ4n) is 2.26. The zero-order valence-corrected chi connectivity index (χ0v) is 13.3. The van der Waals surface area contributed by atoms with Crippen molar-refractivity contribution in [2.75, 3.05) is 11.0 Å². The van der Waals surface area contributed by atoms with Gasteiger partial charge in [0.25, 0.3) is 0 Å². The molecule has 1 aliphatic carbocycles. The SMILES string of the molecule is CS(=O)(=O)Nc1nc(CC(=O)NC2CCC(O)CC2)cs1. The molecule has 0 spiro atoms. The molecular formula is C12H19N3O4S2. The average molecular weight is 333 g/mol. The Morgan fingerprint density at radius 3 is 2.71 bits per heavy atom. The van der Waals surface area contributed by atoms with Gasteiger partial charge in [0, 0.05) is 11.4 Å². The fourth-order valence-corrected chi connectivity index (χ4v) is 3.82. The number of aliphatic hydroxyl groups excluding tert-OH is 1. The molecule has 0 atom stereocenters. The van der Waals surface area contributed by atoms with E-state index < -0.39 is 10.0 Å². The van der Waals surface area contributed by atoms with E-state index in [9.17, 15) is 18.3 Å². The Morgan fingerprint density at radius 2 is 2.10 bits per heavy atom. The minimum atomic E-state index is -3.35. The molecule has 118 valence electrons. The highest BCUT2D eigenvalue weighted by Gasteiger charge is 2.21. The van der Waals surface area contributed by atoms with E-state index in [1.54, 1.807) is 5.38 Å².